The summed E-state index contributed by atoms with van der Waals surface area (Å²) in [5.41, 5.74) is 0. The number of hydrogen-bond donors (Lipinski definition) is 0. The van der Waals surface area contributed by atoms with Gasteiger partial charge in [0.1, 0.15) is 5.75 Å². The monoisotopic (exact) mass is 348 g/mol. The van der Waals surface area contributed by atoms with E-state index in [4.69, 9.17) is 60.2 Å². The Morgan fingerprint density at radius 1 is 1.17 bits per heavy atom. The Kier molecular flexibility index (Phi) is 6.70. The summed E-state index contributed by atoms with van der Waals surface area (Å²) in [6.07, 6.45) is 0.806. The standard InChI is InChI=1S/C10H12Cl3O3PS/c1-3-4-15-17(18,14-2)16-10-6-8(12)7(11)5-9(10)13/h5-6H,3-4H2,1-2H3. The molecule has 0 radical (unpaired) electrons. The molecule has 0 heterocycles. The highest BCUT2D eigenvalue weighted by Crippen LogP contribution is 2.51. The van der Waals surface area contributed by atoms with E-state index in [1.165, 1.54) is 19.2 Å². The molecule has 0 aliphatic heterocycles. The summed E-state index contributed by atoms with van der Waals surface area (Å²) in [6.45, 7) is -0.445. The molecule has 0 aliphatic rings. The molecule has 0 N–H and O–H groups in total. The zero-order valence-electron chi connectivity index (χ0n) is 9.78. The van der Waals surface area contributed by atoms with E-state index in [9.17, 15) is 0 Å². The van der Waals surface area contributed by atoms with Gasteiger partial charge in [-0.3, -0.25) is 4.52 Å². The second-order valence-electron chi connectivity index (χ2n) is 3.25. The SMILES string of the molecule is CCCOP(=S)(OC)Oc1cc(Cl)c(Cl)cc1Cl. The van der Waals surface area contributed by atoms with E-state index in [-0.39, 0.29) is 0 Å². The molecular weight excluding hydrogens is 338 g/mol. The van der Waals surface area contributed by atoms with Crippen molar-refractivity contribution < 1.29 is 13.6 Å². The summed E-state index contributed by atoms with van der Waals surface area (Å²) >= 11 is 22.9. The van der Waals surface area contributed by atoms with E-state index < -0.39 is 6.72 Å². The predicted octanol–water partition coefficient (Wildman–Crippen LogP) is 5.32. The van der Waals surface area contributed by atoms with Crippen molar-refractivity contribution in [2.45, 2.75) is 13.3 Å². The number of benzene rings is 1. The highest BCUT2D eigenvalue weighted by atomic mass is 35.5. The lowest BCUT2D eigenvalue weighted by molar-refractivity contribution is 0.231. The van der Waals surface area contributed by atoms with Crippen LogP contribution in [0.3, 0.4) is 0 Å². The lowest BCUT2D eigenvalue weighted by Crippen LogP contribution is -2.01. The molecule has 0 saturated heterocycles. The number of rotatable bonds is 6. The topological polar surface area (TPSA) is 27.7 Å². The van der Waals surface area contributed by atoms with Crippen molar-refractivity contribution in [1.29, 1.82) is 0 Å². The first-order valence-corrected chi connectivity index (χ1v) is 8.75. The minimum Gasteiger partial charge on any atom is -0.422 e. The number of halogens is 3. The van der Waals surface area contributed by atoms with Gasteiger partial charge in [-0.25, -0.2) is 0 Å². The molecule has 0 saturated carbocycles. The van der Waals surface area contributed by atoms with E-state index in [1.54, 1.807) is 0 Å². The Hall–Kier alpha value is 0.460. The molecule has 1 aromatic carbocycles. The Bertz CT molecular complexity index is 470. The molecule has 3 nitrogen and oxygen atoms in total. The highest BCUT2D eigenvalue weighted by molar-refractivity contribution is 8.07. The van der Waals surface area contributed by atoms with Crippen molar-refractivity contribution >= 4 is 53.3 Å². The quantitative estimate of drug-likeness (QED) is 0.513. The van der Waals surface area contributed by atoms with Crippen LogP contribution in [0.5, 0.6) is 5.75 Å². The molecule has 0 aromatic heterocycles. The summed E-state index contributed by atoms with van der Waals surface area (Å²) in [5.74, 6) is 0.298. The van der Waals surface area contributed by atoms with Gasteiger partial charge in [0.2, 0.25) is 0 Å². The third kappa shape index (κ3) is 4.53. The number of hydrogen-bond acceptors (Lipinski definition) is 4. The predicted molar refractivity (Wildman–Crippen MR) is 79.6 cm³/mol. The molecule has 102 valence electrons. The average molecular weight is 350 g/mol. The zero-order valence-corrected chi connectivity index (χ0v) is 13.8. The van der Waals surface area contributed by atoms with Gasteiger partial charge in [-0.15, -0.1) is 0 Å². The first-order chi connectivity index (χ1) is 8.41. The average Bonchev–Trinajstić information content (AvgIpc) is 2.33. The van der Waals surface area contributed by atoms with Crippen LogP contribution in [0.25, 0.3) is 0 Å². The molecule has 1 atom stereocenters. The van der Waals surface area contributed by atoms with Crippen molar-refractivity contribution in [3.63, 3.8) is 0 Å². The lowest BCUT2D eigenvalue weighted by Gasteiger charge is -2.21. The van der Waals surface area contributed by atoms with Crippen molar-refractivity contribution in [1.82, 2.24) is 0 Å². The van der Waals surface area contributed by atoms with Crippen molar-refractivity contribution in [3.05, 3.63) is 27.2 Å². The van der Waals surface area contributed by atoms with Crippen LogP contribution >= 0.6 is 41.5 Å². The van der Waals surface area contributed by atoms with Gasteiger partial charge in [-0.05, 0) is 12.5 Å². The van der Waals surface area contributed by atoms with Gasteiger partial charge >= 0.3 is 6.72 Å². The summed E-state index contributed by atoms with van der Waals surface area (Å²) in [7, 11) is 1.43. The molecule has 0 bridgehead atoms. The van der Waals surface area contributed by atoms with Crippen molar-refractivity contribution in [2.75, 3.05) is 13.7 Å². The minimum atomic E-state index is -2.85. The van der Waals surface area contributed by atoms with Crippen LogP contribution in [0.1, 0.15) is 13.3 Å². The van der Waals surface area contributed by atoms with Gasteiger partial charge in [0, 0.05) is 25.0 Å². The minimum absolute atomic E-state index is 0.298. The maximum atomic E-state index is 5.99. The highest BCUT2D eigenvalue weighted by Gasteiger charge is 2.22. The second kappa shape index (κ2) is 7.30. The maximum Gasteiger partial charge on any atom is 0.380 e. The fourth-order valence-electron chi connectivity index (χ4n) is 1.01. The summed E-state index contributed by atoms with van der Waals surface area (Å²) in [4.78, 5) is 0. The molecule has 0 spiro atoms. The summed E-state index contributed by atoms with van der Waals surface area (Å²) in [5, 5.41) is 0.967. The van der Waals surface area contributed by atoms with Gasteiger partial charge in [-0.1, -0.05) is 41.7 Å². The smallest absolute Gasteiger partial charge is 0.380 e. The fraction of sp³-hybridized carbons (Fsp3) is 0.400. The van der Waals surface area contributed by atoms with Gasteiger partial charge in [0.05, 0.1) is 21.7 Å². The fourth-order valence-corrected chi connectivity index (χ4v) is 3.14. The van der Waals surface area contributed by atoms with Gasteiger partial charge in [0.25, 0.3) is 0 Å². The Morgan fingerprint density at radius 3 is 2.33 bits per heavy atom. The van der Waals surface area contributed by atoms with Crippen LogP contribution in [-0.2, 0) is 20.9 Å². The van der Waals surface area contributed by atoms with Crippen molar-refractivity contribution in [3.8, 4) is 5.75 Å². The van der Waals surface area contributed by atoms with Crippen LogP contribution in [0.2, 0.25) is 15.1 Å². The largest absolute Gasteiger partial charge is 0.422 e. The van der Waals surface area contributed by atoms with E-state index in [1.807, 2.05) is 6.92 Å². The van der Waals surface area contributed by atoms with Crippen LogP contribution < -0.4 is 4.52 Å². The molecular formula is C10H12Cl3O3PS. The molecule has 0 aliphatic carbocycles. The van der Waals surface area contributed by atoms with E-state index in [0.717, 1.165) is 6.42 Å². The Labute approximate surface area is 127 Å². The third-order valence-corrected chi connectivity index (χ3v) is 5.23. The van der Waals surface area contributed by atoms with Crippen LogP contribution in [-0.4, -0.2) is 13.7 Å². The van der Waals surface area contributed by atoms with E-state index >= 15 is 0 Å². The molecule has 0 fully saturated rings. The molecule has 1 rings (SSSR count). The van der Waals surface area contributed by atoms with Gasteiger partial charge in [0.15, 0.2) is 0 Å². The Morgan fingerprint density at radius 2 is 1.78 bits per heavy atom. The van der Waals surface area contributed by atoms with Gasteiger partial charge < -0.3 is 9.05 Å². The normalized spacial score (nSPS) is 14.3. The van der Waals surface area contributed by atoms with E-state index in [0.29, 0.717) is 27.4 Å². The zero-order chi connectivity index (χ0) is 13.8. The van der Waals surface area contributed by atoms with Crippen LogP contribution in [0, 0.1) is 0 Å². The van der Waals surface area contributed by atoms with Crippen LogP contribution in [0.15, 0.2) is 12.1 Å². The first kappa shape index (κ1) is 16.5. The maximum absolute atomic E-state index is 5.99. The molecule has 0 amide bonds. The van der Waals surface area contributed by atoms with Crippen molar-refractivity contribution in [2.24, 2.45) is 0 Å². The lowest BCUT2D eigenvalue weighted by atomic mass is 10.3. The van der Waals surface area contributed by atoms with Gasteiger partial charge in [-0.2, -0.15) is 0 Å². The second-order valence-corrected chi connectivity index (χ2v) is 7.51. The first-order valence-electron chi connectivity index (χ1n) is 5.06. The molecule has 1 aromatic rings. The van der Waals surface area contributed by atoms with Crippen LogP contribution in [0.4, 0.5) is 0 Å². The molecule has 8 heteroatoms. The Balaban J connectivity index is 2.95. The summed E-state index contributed by atoms with van der Waals surface area (Å²) in [6, 6.07) is 2.97. The summed E-state index contributed by atoms with van der Waals surface area (Å²) < 4.78 is 16.0. The third-order valence-electron chi connectivity index (χ3n) is 1.86. The molecule has 18 heavy (non-hydrogen) atoms. The van der Waals surface area contributed by atoms with E-state index in [2.05, 4.69) is 0 Å². The molecule has 1 unspecified atom stereocenters.